The highest BCUT2D eigenvalue weighted by Crippen LogP contribution is 2.34. The number of hydrogen-bond donors (Lipinski definition) is 2. The summed E-state index contributed by atoms with van der Waals surface area (Å²) in [5.41, 5.74) is 2.57. The Morgan fingerprint density at radius 2 is 2.09 bits per heavy atom. The Bertz CT molecular complexity index is 882. The van der Waals surface area contributed by atoms with E-state index in [9.17, 15) is 4.79 Å². The number of hydrogen-bond acceptors (Lipinski definition) is 4. The third kappa shape index (κ3) is 2.94. The minimum Gasteiger partial charge on any atom is -0.310 e. The number of nitrogens with one attached hydrogen (secondary N) is 2. The van der Waals surface area contributed by atoms with Crippen molar-refractivity contribution in [1.29, 1.82) is 0 Å². The molecule has 0 atom stereocenters. The molecule has 0 bridgehead atoms. The van der Waals surface area contributed by atoms with Crippen LogP contribution in [0.3, 0.4) is 0 Å². The summed E-state index contributed by atoms with van der Waals surface area (Å²) in [5.74, 6) is 0.732. The Morgan fingerprint density at radius 1 is 1.22 bits per heavy atom. The van der Waals surface area contributed by atoms with Gasteiger partial charge in [0.25, 0.3) is 5.56 Å². The van der Waals surface area contributed by atoms with Crippen LogP contribution < -0.4 is 10.9 Å². The Labute approximate surface area is 138 Å². The predicted molar refractivity (Wildman–Crippen MR) is 94.1 cm³/mol. The fourth-order valence-corrected chi connectivity index (χ4v) is 4.50. The van der Waals surface area contributed by atoms with E-state index in [0.29, 0.717) is 6.54 Å². The molecule has 118 valence electrons. The topological polar surface area (TPSA) is 57.8 Å². The van der Waals surface area contributed by atoms with Crippen LogP contribution in [-0.4, -0.2) is 16.5 Å². The van der Waals surface area contributed by atoms with Gasteiger partial charge in [-0.2, -0.15) is 0 Å². The minimum absolute atomic E-state index is 0.0225. The van der Waals surface area contributed by atoms with Crippen LogP contribution in [0.1, 0.15) is 28.2 Å². The average Bonchev–Trinajstić information content (AvgIpc) is 3.13. The zero-order valence-electron chi connectivity index (χ0n) is 12.9. The summed E-state index contributed by atoms with van der Waals surface area (Å²) in [6.45, 7) is 1.47. The maximum absolute atomic E-state index is 12.4. The van der Waals surface area contributed by atoms with Gasteiger partial charge in [0.2, 0.25) is 0 Å². The normalized spacial score (nSPS) is 13.6. The molecule has 1 aliphatic carbocycles. The van der Waals surface area contributed by atoms with Gasteiger partial charge in [0, 0.05) is 4.88 Å². The zero-order chi connectivity index (χ0) is 15.6. The summed E-state index contributed by atoms with van der Waals surface area (Å²) in [6, 6.07) is 10.4. The van der Waals surface area contributed by atoms with E-state index in [4.69, 9.17) is 0 Å². The van der Waals surface area contributed by atoms with Crippen molar-refractivity contribution in [3.05, 3.63) is 62.5 Å². The Hall–Kier alpha value is -1.98. The van der Waals surface area contributed by atoms with Crippen molar-refractivity contribution < 1.29 is 0 Å². The first-order valence-corrected chi connectivity index (χ1v) is 8.91. The van der Waals surface area contributed by atoms with Crippen LogP contribution in [0.25, 0.3) is 10.2 Å². The maximum Gasteiger partial charge on any atom is 0.259 e. The molecule has 4 nitrogen and oxygen atoms in total. The fourth-order valence-electron chi connectivity index (χ4n) is 3.21. The standard InChI is InChI=1S/C18H19N3OS/c22-17-16-13-7-4-8-14(13)23-18(16)21-15(20-17)11-19-10-9-12-5-2-1-3-6-12/h1-3,5-6,19H,4,7-11H2,(H,20,21,22). The third-order valence-electron chi connectivity index (χ3n) is 4.35. The van der Waals surface area contributed by atoms with Crippen molar-refractivity contribution in [1.82, 2.24) is 15.3 Å². The molecular formula is C18H19N3OS. The molecule has 2 heterocycles. The third-order valence-corrected chi connectivity index (χ3v) is 5.54. The molecule has 0 saturated carbocycles. The SMILES string of the molecule is O=c1[nH]c(CNCCc2ccccc2)nc2sc3c(c12)CCC3. The molecule has 23 heavy (non-hydrogen) atoms. The largest absolute Gasteiger partial charge is 0.310 e. The second-order valence-electron chi connectivity index (χ2n) is 5.96. The van der Waals surface area contributed by atoms with Gasteiger partial charge >= 0.3 is 0 Å². The molecule has 1 aliphatic rings. The van der Waals surface area contributed by atoms with Gasteiger partial charge in [-0.1, -0.05) is 30.3 Å². The number of fused-ring (bicyclic) bond motifs is 3. The Morgan fingerprint density at radius 3 is 2.96 bits per heavy atom. The summed E-state index contributed by atoms with van der Waals surface area (Å²) in [7, 11) is 0. The zero-order valence-corrected chi connectivity index (χ0v) is 13.7. The summed E-state index contributed by atoms with van der Waals surface area (Å²) in [4.78, 5) is 22.2. The van der Waals surface area contributed by atoms with Crippen LogP contribution in [0.2, 0.25) is 0 Å². The first-order valence-electron chi connectivity index (χ1n) is 8.09. The smallest absolute Gasteiger partial charge is 0.259 e. The molecular weight excluding hydrogens is 306 g/mol. The molecule has 3 aromatic rings. The van der Waals surface area contributed by atoms with E-state index < -0.39 is 0 Å². The van der Waals surface area contributed by atoms with Crippen LogP contribution in [0, 0.1) is 0 Å². The highest BCUT2D eigenvalue weighted by atomic mass is 32.1. The Kier molecular flexibility index (Phi) is 3.97. The van der Waals surface area contributed by atoms with E-state index in [1.54, 1.807) is 11.3 Å². The van der Waals surface area contributed by atoms with Crippen molar-refractivity contribution >= 4 is 21.6 Å². The van der Waals surface area contributed by atoms with E-state index in [2.05, 4.69) is 39.6 Å². The van der Waals surface area contributed by atoms with Gasteiger partial charge in [-0.3, -0.25) is 4.79 Å². The second-order valence-corrected chi connectivity index (χ2v) is 7.05. The number of aromatic nitrogens is 2. The van der Waals surface area contributed by atoms with Gasteiger partial charge in [0.1, 0.15) is 10.7 Å². The molecule has 0 aliphatic heterocycles. The number of benzene rings is 1. The van der Waals surface area contributed by atoms with E-state index in [0.717, 1.165) is 41.8 Å². The first kappa shape index (κ1) is 14.6. The average molecular weight is 325 g/mol. The Balaban J connectivity index is 1.44. The van der Waals surface area contributed by atoms with Gasteiger partial charge < -0.3 is 10.3 Å². The molecule has 0 saturated heterocycles. The maximum atomic E-state index is 12.4. The van der Waals surface area contributed by atoms with Gasteiger partial charge in [-0.25, -0.2) is 4.98 Å². The van der Waals surface area contributed by atoms with Gasteiger partial charge in [-0.15, -0.1) is 11.3 Å². The molecule has 0 amide bonds. The highest BCUT2D eigenvalue weighted by molar-refractivity contribution is 7.18. The number of aryl methyl sites for hydroxylation is 2. The predicted octanol–water partition coefficient (Wildman–Crippen LogP) is 2.81. The van der Waals surface area contributed by atoms with Crippen LogP contribution in [-0.2, 0) is 25.8 Å². The number of rotatable bonds is 5. The first-order chi connectivity index (χ1) is 11.3. The van der Waals surface area contributed by atoms with Crippen molar-refractivity contribution in [2.45, 2.75) is 32.2 Å². The van der Waals surface area contributed by atoms with Crippen LogP contribution in [0.5, 0.6) is 0 Å². The minimum atomic E-state index is 0.0225. The second kappa shape index (κ2) is 6.26. The van der Waals surface area contributed by atoms with Crippen molar-refractivity contribution in [2.75, 3.05) is 6.54 Å². The monoisotopic (exact) mass is 325 g/mol. The van der Waals surface area contributed by atoms with Crippen molar-refractivity contribution in [3.8, 4) is 0 Å². The molecule has 0 fully saturated rings. The van der Waals surface area contributed by atoms with Gasteiger partial charge in [0.05, 0.1) is 11.9 Å². The summed E-state index contributed by atoms with van der Waals surface area (Å²) in [6.07, 6.45) is 4.26. The van der Waals surface area contributed by atoms with Crippen LogP contribution >= 0.6 is 11.3 Å². The molecule has 1 aromatic carbocycles. The lowest BCUT2D eigenvalue weighted by atomic mass is 10.1. The highest BCUT2D eigenvalue weighted by Gasteiger charge is 2.20. The molecule has 4 rings (SSSR count). The molecule has 5 heteroatoms. The number of nitrogens with zero attached hydrogens (tertiary/aromatic N) is 1. The van der Waals surface area contributed by atoms with Crippen molar-refractivity contribution in [2.24, 2.45) is 0 Å². The number of aromatic amines is 1. The quantitative estimate of drug-likeness (QED) is 0.709. The molecule has 0 radical (unpaired) electrons. The lowest BCUT2D eigenvalue weighted by molar-refractivity contribution is 0.660. The van der Waals surface area contributed by atoms with Gasteiger partial charge in [0.15, 0.2) is 0 Å². The number of thiophene rings is 1. The lowest BCUT2D eigenvalue weighted by Gasteiger charge is -2.05. The van der Waals surface area contributed by atoms with E-state index in [-0.39, 0.29) is 5.56 Å². The molecule has 0 spiro atoms. The summed E-state index contributed by atoms with van der Waals surface area (Å²) < 4.78 is 0. The van der Waals surface area contributed by atoms with Gasteiger partial charge in [-0.05, 0) is 43.4 Å². The fraction of sp³-hybridized carbons (Fsp3) is 0.333. The van der Waals surface area contributed by atoms with Crippen LogP contribution in [0.15, 0.2) is 35.1 Å². The van der Waals surface area contributed by atoms with Crippen molar-refractivity contribution in [3.63, 3.8) is 0 Å². The number of H-pyrrole nitrogens is 1. The molecule has 0 unspecified atom stereocenters. The van der Waals surface area contributed by atoms with Crippen LogP contribution in [0.4, 0.5) is 0 Å². The molecule has 2 N–H and O–H groups in total. The van der Waals surface area contributed by atoms with E-state index >= 15 is 0 Å². The van der Waals surface area contributed by atoms with E-state index in [1.807, 2.05) is 6.07 Å². The lowest BCUT2D eigenvalue weighted by Crippen LogP contribution is -2.21. The van der Waals surface area contributed by atoms with E-state index in [1.165, 1.54) is 22.4 Å². The summed E-state index contributed by atoms with van der Waals surface area (Å²) in [5, 5.41) is 4.19. The summed E-state index contributed by atoms with van der Waals surface area (Å²) >= 11 is 1.69. The molecule has 2 aromatic heterocycles.